The largest absolute Gasteiger partial charge is 0.352 e. The number of hydrogen-bond acceptors (Lipinski definition) is 3. The molecule has 1 amide bonds. The maximum Gasteiger partial charge on any atom is 0.234 e. The number of hydrogen-bond donors (Lipinski definition) is 1. The van der Waals surface area contributed by atoms with Gasteiger partial charge < -0.3 is 5.32 Å². The summed E-state index contributed by atoms with van der Waals surface area (Å²) in [5, 5.41) is 2.83. The third-order valence-corrected chi connectivity index (χ3v) is 3.93. The monoisotopic (exact) mass is 287 g/mol. The van der Waals surface area contributed by atoms with Crippen molar-refractivity contribution in [3.8, 4) is 0 Å². The summed E-state index contributed by atoms with van der Waals surface area (Å²) >= 11 is 0. The Labute approximate surface area is 127 Å². The number of rotatable bonds is 6. The first-order chi connectivity index (χ1) is 10.2. The Bertz CT molecular complexity index is 479. The zero-order chi connectivity index (χ0) is 15.1. The van der Waals surface area contributed by atoms with E-state index in [1.54, 1.807) is 6.08 Å². The maximum atomic E-state index is 11.7. The van der Waals surface area contributed by atoms with Crippen LogP contribution in [0.3, 0.4) is 0 Å². The van der Waals surface area contributed by atoms with Crippen molar-refractivity contribution in [3.63, 3.8) is 0 Å². The van der Waals surface area contributed by atoms with E-state index in [-0.39, 0.29) is 5.91 Å². The van der Waals surface area contributed by atoms with Gasteiger partial charge in [0.1, 0.15) is 0 Å². The molecule has 21 heavy (non-hydrogen) atoms. The van der Waals surface area contributed by atoms with Gasteiger partial charge in [0.2, 0.25) is 5.91 Å². The number of amides is 1. The Balaban J connectivity index is 1.74. The topological polar surface area (TPSA) is 35.6 Å². The van der Waals surface area contributed by atoms with Crippen LogP contribution in [0.15, 0.2) is 36.9 Å². The maximum absolute atomic E-state index is 11.7. The summed E-state index contributed by atoms with van der Waals surface area (Å²) in [5.41, 5.74) is 2.75. The predicted molar refractivity (Wildman–Crippen MR) is 86.1 cm³/mol. The highest BCUT2D eigenvalue weighted by Gasteiger charge is 2.19. The molecule has 1 aromatic carbocycles. The zero-order valence-corrected chi connectivity index (χ0v) is 12.8. The molecule has 1 heterocycles. The Morgan fingerprint density at radius 2 is 1.90 bits per heavy atom. The molecule has 1 fully saturated rings. The Kier molecular flexibility index (Phi) is 5.96. The third kappa shape index (κ3) is 4.99. The molecular weight excluding hydrogens is 262 g/mol. The standard InChI is InChI=1S/C17H25N3O/c1-3-8-18-17(21)14-20-11-9-19(10-12-20)13-16-7-5-4-6-15(16)2/h3-7H,1,8-14H2,2H3,(H,18,21). The Morgan fingerprint density at radius 3 is 2.57 bits per heavy atom. The summed E-state index contributed by atoms with van der Waals surface area (Å²) in [7, 11) is 0. The molecule has 1 aromatic rings. The fourth-order valence-electron chi connectivity index (χ4n) is 2.58. The van der Waals surface area contributed by atoms with E-state index in [1.165, 1.54) is 11.1 Å². The minimum atomic E-state index is 0.0854. The summed E-state index contributed by atoms with van der Waals surface area (Å²) < 4.78 is 0. The lowest BCUT2D eigenvalue weighted by Crippen LogP contribution is -2.49. The van der Waals surface area contributed by atoms with Crippen LogP contribution in [0.4, 0.5) is 0 Å². The lowest BCUT2D eigenvalue weighted by Gasteiger charge is -2.34. The van der Waals surface area contributed by atoms with E-state index in [2.05, 4.69) is 52.9 Å². The van der Waals surface area contributed by atoms with Crippen LogP contribution < -0.4 is 5.32 Å². The quantitative estimate of drug-likeness (QED) is 0.804. The SMILES string of the molecule is C=CCNC(=O)CN1CCN(Cc2ccccc2C)CC1. The van der Waals surface area contributed by atoms with Gasteiger partial charge >= 0.3 is 0 Å². The number of carbonyl (C=O) groups excluding carboxylic acids is 1. The van der Waals surface area contributed by atoms with Crippen LogP contribution in [0.2, 0.25) is 0 Å². The molecule has 1 saturated heterocycles. The highest BCUT2D eigenvalue weighted by molar-refractivity contribution is 5.78. The number of aryl methyl sites for hydroxylation is 1. The number of nitrogens with zero attached hydrogens (tertiary/aromatic N) is 2. The lowest BCUT2D eigenvalue weighted by atomic mass is 10.1. The van der Waals surface area contributed by atoms with Gasteiger partial charge in [-0.2, -0.15) is 0 Å². The molecule has 0 saturated carbocycles. The van der Waals surface area contributed by atoms with Crippen LogP contribution >= 0.6 is 0 Å². The highest BCUT2D eigenvalue weighted by Crippen LogP contribution is 2.12. The minimum absolute atomic E-state index is 0.0854. The van der Waals surface area contributed by atoms with Crippen LogP contribution in [0, 0.1) is 6.92 Å². The van der Waals surface area contributed by atoms with Crippen LogP contribution in [-0.4, -0.2) is 55.0 Å². The van der Waals surface area contributed by atoms with E-state index in [0.29, 0.717) is 13.1 Å². The number of piperazine rings is 1. The van der Waals surface area contributed by atoms with Crippen molar-refractivity contribution in [2.75, 3.05) is 39.3 Å². The molecular formula is C17H25N3O. The first kappa shape index (κ1) is 15.7. The molecule has 114 valence electrons. The first-order valence-corrected chi connectivity index (χ1v) is 7.56. The van der Waals surface area contributed by atoms with Crippen LogP contribution in [-0.2, 0) is 11.3 Å². The fraction of sp³-hybridized carbons (Fsp3) is 0.471. The average Bonchev–Trinajstić information content (AvgIpc) is 2.49. The van der Waals surface area contributed by atoms with E-state index in [9.17, 15) is 4.79 Å². The molecule has 0 unspecified atom stereocenters. The van der Waals surface area contributed by atoms with Gasteiger partial charge in [-0.25, -0.2) is 0 Å². The second-order valence-electron chi connectivity index (χ2n) is 5.57. The lowest BCUT2D eigenvalue weighted by molar-refractivity contribution is -0.122. The van der Waals surface area contributed by atoms with Crippen molar-refractivity contribution < 1.29 is 4.79 Å². The van der Waals surface area contributed by atoms with E-state index in [1.807, 2.05) is 0 Å². The number of benzene rings is 1. The van der Waals surface area contributed by atoms with Gasteiger partial charge in [-0.3, -0.25) is 14.6 Å². The molecule has 0 aliphatic carbocycles. The molecule has 0 bridgehead atoms. The van der Waals surface area contributed by atoms with E-state index in [4.69, 9.17) is 0 Å². The van der Waals surface area contributed by atoms with Crippen LogP contribution in [0.1, 0.15) is 11.1 Å². The second-order valence-corrected chi connectivity index (χ2v) is 5.57. The Morgan fingerprint density at radius 1 is 1.24 bits per heavy atom. The molecule has 0 radical (unpaired) electrons. The van der Waals surface area contributed by atoms with Crippen molar-refractivity contribution in [3.05, 3.63) is 48.0 Å². The average molecular weight is 287 g/mol. The summed E-state index contributed by atoms with van der Waals surface area (Å²) in [5.74, 6) is 0.0854. The normalized spacial score (nSPS) is 16.6. The predicted octanol–water partition coefficient (Wildman–Crippen LogP) is 1.41. The van der Waals surface area contributed by atoms with Crippen LogP contribution in [0.5, 0.6) is 0 Å². The number of carbonyl (C=O) groups is 1. The fourth-order valence-corrected chi connectivity index (χ4v) is 2.58. The molecule has 0 atom stereocenters. The van der Waals surface area contributed by atoms with Gasteiger partial charge in [0.15, 0.2) is 0 Å². The zero-order valence-electron chi connectivity index (χ0n) is 12.8. The summed E-state index contributed by atoms with van der Waals surface area (Å²) in [4.78, 5) is 16.3. The van der Waals surface area contributed by atoms with Crippen molar-refractivity contribution in [1.82, 2.24) is 15.1 Å². The van der Waals surface area contributed by atoms with Gasteiger partial charge in [0.25, 0.3) is 0 Å². The van der Waals surface area contributed by atoms with Crippen molar-refractivity contribution in [2.45, 2.75) is 13.5 Å². The van der Waals surface area contributed by atoms with Gasteiger partial charge in [-0.05, 0) is 18.1 Å². The molecule has 1 aliphatic rings. The molecule has 4 heteroatoms. The van der Waals surface area contributed by atoms with Crippen molar-refractivity contribution >= 4 is 5.91 Å². The van der Waals surface area contributed by atoms with E-state index >= 15 is 0 Å². The van der Waals surface area contributed by atoms with E-state index < -0.39 is 0 Å². The van der Waals surface area contributed by atoms with E-state index in [0.717, 1.165) is 32.7 Å². The minimum Gasteiger partial charge on any atom is -0.352 e. The van der Waals surface area contributed by atoms with Gasteiger partial charge in [-0.15, -0.1) is 6.58 Å². The second kappa shape index (κ2) is 7.96. The Hall–Kier alpha value is -1.65. The summed E-state index contributed by atoms with van der Waals surface area (Å²) in [6.45, 7) is 11.7. The molecule has 0 spiro atoms. The molecule has 2 rings (SSSR count). The molecule has 4 nitrogen and oxygen atoms in total. The summed E-state index contributed by atoms with van der Waals surface area (Å²) in [6.07, 6.45) is 1.71. The van der Waals surface area contributed by atoms with Crippen molar-refractivity contribution in [1.29, 1.82) is 0 Å². The molecule has 0 aromatic heterocycles. The molecule has 1 N–H and O–H groups in total. The van der Waals surface area contributed by atoms with Gasteiger partial charge in [0.05, 0.1) is 6.54 Å². The third-order valence-electron chi connectivity index (χ3n) is 3.93. The van der Waals surface area contributed by atoms with Gasteiger partial charge in [-0.1, -0.05) is 30.3 Å². The number of nitrogens with one attached hydrogen (secondary N) is 1. The van der Waals surface area contributed by atoms with Crippen molar-refractivity contribution in [2.24, 2.45) is 0 Å². The van der Waals surface area contributed by atoms with Crippen LogP contribution in [0.25, 0.3) is 0 Å². The highest BCUT2D eigenvalue weighted by atomic mass is 16.2. The van der Waals surface area contributed by atoms with Gasteiger partial charge in [0, 0.05) is 39.3 Å². The first-order valence-electron chi connectivity index (χ1n) is 7.56. The summed E-state index contributed by atoms with van der Waals surface area (Å²) in [6, 6.07) is 8.54. The molecule has 1 aliphatic heterocycles. The smallest absolute Gasteiger partial charge is 0.234 e.